The van der Waals surface area contributed by atoms with Crippen molar-refractivity contribution in [1.82, 2.24) is 5.06 Å². The Labute approximate surface area is 68.2 Å². The van der Waals surface area contributed by atoms with Crippen molar-refractivity contribution in [3.8, 4) is 0 Å². The minimum absolute atomic E-state index is 0.808. The highest BCUT2D eigenvalue weighted by molar-refractivity contribution is 4.80. The molecule has 0 aromatic heterocycles. The summed E-state index contributed by atoms with van der Waals surface area (Å²) in [4.78, 5) is 0. The third-order valence-corrected chi connectivity index (χ3v) is 3.27. The first-order valence-electron chi connectivity index (χ1n) is 4.80. The molecule has 0 radical (unpaired) electrons. The van der Waals surface area contributed by atoms with Crippen LogP contribution in [-0.2, 0) is 0 Å². The number of hydroxylamine groups is 2. The molecule has 0 amide bonds. The first kappa shape index (κ1) is 7.56. The van der Waals surface area contributed by atoms with E-state index in [0.29, 0.717) is 0 Å². The Morgan fingerprint density at radius 3 is 2.55 bits per heavy atom. The molecule has 64 valence electrons. The Morgan fingerprint density at radius 1 is 1.00 bits per heavy atom. The minimum atomic E-state index is 0.808. The topological polar surface area (TPSA) is 23.5 Å². The average Bonchev–Trinajstić information content (AvgIpc) is 2.04. The van der Waals surface area contributed by atoms with Gasteiger partial charge in [0.25, 0.3) is 0 Å². The Kier molecular flexibility index (Phi) is 2.14. The van der Waals surface area contributed by atoms with Crippen LogP contribution in [0.5, 0.6) is 0 Å². The predicted molar refractivity (Wildman–Crippen MR) is 43.4 cm³/mol. The summed E-state index contributed by atoms with van der Waals surface area (Å²) in [5.41, 5.74) is 0. The number of fused-ring (bicyclic) bond motifs is 1. The lowest BCUT2D eigenvalue weighted by Gasteiger charge is -2.38. The smallest absolute Gasteiger partial charge is 0.0269 e. The van der Waals surface area contributed by atoms with Crippen LogP contribution in [0.15, 0.2) is 0 Å². The molecule has 1 N–H and O–H groups in total. The van der Waals surface area contributed by atoms with Crippen molar-refractivity contribution in [1.29, 1.82) is 0 Å². The highest BCUT2D eigenvalue weighted by atomic mass is 16.5. The molecule has 0 aromatic rings. The van der Waals surface area contributed by atoms with Gasteiger partial charge in [-0.25, -0.2) is 0 Å². The number of hydrogen-bond acceptors (Lipinski definition) is 2. The molecule has 1 aliphatic carbocycles. The second kappa shape index (κ2) is 3.11. The Balaban J connectivity index is 1.93. The maximum absolute atomic E-state index is 9.28. The van der Waals surface area contributed by atoms with Crippen molar-refractivity contribution in [2.75, 3.05) is 13.1 Å². The lowest BCUT2D eigenvalue weighted by Crippen LogP contribution is -2.39. The Bertz CT molecular complexity index is 138. The number of rotatable bonds is 0. The summed E-state index contributed by atoms with van der Waals surface area (Å²) in [5.74, 6) is 1.75. The van der Waals surface area contributed by atoms with E-state index in [0.717, 1.165) is 24.9 Å². The van der Waals surface area contributed by atoms with Crippen LogP contribution in [0, 0.1) is 11.8 Å². The molecule has 0 unspecified atom stereocenters. The van der Waals surface area contributed by atoms with E-state index in [1.807, 2.05) is 0 Å². The van der Waals surface area contributed by atoms with Crippen molar-refractivity contribution in [3.05, 3.63) is 0 Å². The molecule has 1 saturated carbocycles. The van der Waals surface area contributed by atoms with Crippen LogP contribution >= 0.6 is 0 Å². The lowest BCUT2D eigenvalue weighted by atomic mass is 9.75. The summed E-state index contributed by atoms with van der Waals surface area (Å²) in [6.45, 7) is 1.84. The predicted octanol–water partition coefficient (Wildman–Crippen LogP) is 1.89. The fourth-order valence-corrected chi connectivity index (χ4v) is 2.58. The molecule has 2 heteroatoms. The Hall–Kier alpha value is -0.0800. The molecule has 2 aliphatic rings. The zero-order valence-corrected chi connectivity index (χ0v) is 7.00. The molecule has 2 fully saturated rings. The van der Waals surface area contributed by atoms with Gasteiger partial charge in [-0.05, 0) is 24.7 Å². The number of piperidine rings is 1. The van der Waals surface area contributed by atoms with E-state index in [2.05, 4.69) is 0 Å². The van der Waals surface area contributed by atoms with Gasteiger partial charge in [0.05, 0.1) is 0 Å². The molecule has 0 aromatic carbocycles. The number of nitrogens with zero attached hydrogens (tertiary/aromatic N) is 1. The van der Waals surface area contributed by atoms with E-state index >= 15 is 0 Å². The summed E-state index contributed by atoms with van der Waals surface area (Å²) >= 11 is 0. The van der Waals surface area contributed by atoms with E-state index in [1.54, 1.807) is 0 Å². The highest BCUT2D eigenvalue weighted by Crippen LogP contribution is 2.35. The molecule has 1 heterocycles. The van der Waals surface area contributed by atoms with Gasteiger partial charge in [-0.1, -0.05) is 19.3 Å². The summed E-state index contributed by atoms with van der Waals surface area (Å²) in [5, 5.41) is 10.8. The van der Waals surface area contributed by atoms with Crippen molar-refractivity contribution in [2.24, 2.45) is 11.8 Å². The van der Waals surface area contributed by atoms with Gasteiger partial charge in [0.2, 0.25) is 0 Å². The second-order valence-electron chi connectivity index (χ2n) is 4.01. The molecule has 2 nitrogen and oxygen atoms in total. The molecular formula is C9H17NO. The van der Waals surface area contributed by atoms with Gasteiger partial charge in [-0.15, -0.1) is 0 Å². The maximum atomic E-state index is 9.28. The van der Waals surface area contributed by atoms with Crippen LogP contribution in [-0.4, -0.2) is 23.4 Å². The van der Waals surface area contributed by atoms with Gasteiger partial charge in [-0.3, -0.25) is 0 Å². The Morgan fingerprint density at radius 2 is 1.73 bits per heavy atom. The van der Waals surface area contributed by atoms with Crippen LogP contribution in [0.25, 0.3) is 0 Å². The maximum Gasteiger partial charge on any atom is 0.0269 e. The molecule has 11 heavy (non-hydrogen) atoms. The summed E-state index contributed by atoms with van der Waals surface area (Å²) in [7, 11) is 0. The van der Waals surface area contributed by atoms with Crippen LogP contribution in [0.4, 0.5) is 0 Å². The van der Waals surface area contributed by atoms with Gasteiger partial charge in [0.15, 0.2) is 0 Å². The molecule has 1 saturated heterocycles. The van der Waals surface area contributed by atoms with Crippen LogP contribution in [0.3, 0.4) is 0 Å². The zero-order chi connectivity index (χ0) is 7.68. The van der Waals surface area contributed by atoms with Gasteiger partial charge < -0.3 is 5.21 Å². The van der Waals surface area contributed by atoms with Crippen LogP contribution in [0.2, 0.25) is 0 Å². The molecule has 1 aliphatic heterocycles. The normalized spacial score (nSPS) is 40.1. The molecule has 2 rings (SSSR count). The molecule has 0 bridgehead atoms. The summed E-state index contributed by atoms with van der Waals surface area (Å²) in [6, 6.07) is 0. The SMILES string of the molecule is ON1CC[C@@H]2CCCC[C@@H]2C1. The van der Waals surface area contributed by atoms with Crippen molar-refractivity contribution in [3.63, 3.8) is 0 Å². The van der Waals surface area contributed by atoms with Gasteiger partial charge in [0.1, 0.15) is 0 Å². The van der Waals surface area contributed by atoms with Gasteiger partial charge in [-0.2, -0.15) is 5.06 Å². The van der Waals surface area contributed by atoms with E-state index in [1.165, 1.54) is 37.2 Å². The molecular weight excluding hydrogens is 138 g/mol. The van der Waals surface area contributed by atoms with Gasteiger partial charge >= 0.3 is 0 Å². The third-order valence-electron chi connectivity index (χ3n) is 3.27. The molecule has 2 atom stereocenters. The van der Waals surface area contributed by atoms with Gasteiger partial charge in [0, 0.05) is 13.1 Å². The average molecular weight is 155 g/mol. The highest BCUT2D eigenvalue weighted by Gasteiger charge is 2.30. The minimum Gasteiger partial charge on any atom is -0.314 e. The lowest BCUT2D eigenvalue weighted by molar-refractivity contribution is -0.134. The monoisotopic (exact) mass is 155 g/mol. The first-order valence-corrected chi connectivity index (χ1v) is 4.80. The third kappa shape index (κ3) is 1.57. The van der Waals surface area contributed by atoms with Crippen LogP contribution in [0.1, 0.15) is 32.1 Å². The fourth-order valence-electron chi connectivity index (χ4n) is 2.58. The molecule has 0 spiro atoms. The van der Waals surface area contributed by atoms with Crippen molar-refractivity contribution < 1.29 is 5.21 Å². The number of hydrogen-bond donors (Lipinski definition) is 1. The zero-order valence-electron chi connectivity index (χ0n) is 7.00. The largest absolute Gasteiger partial charge is 0.314 e. The second-order valence-corrected chi connectivity index (χ2v) is 4.01. The first-order chi connectivity index (χ1) is 5.36. The summed E-state index contributed by atoms with van der Waals surface area (Å²) in [6.07, 6.45) is 6.79. The standard InChI is InChI=1S/C9H17NO/c11-10-6-5-8-3-1-2-4-9(8)7-10/h8-9,11H,1-7H2/t8-,9+/m0/s1. The quantitative estimate of drug-likeness (QED) is 0.577. The van der Waals surface area contributed by atoms with E-state index < -0.39 is 0 Å². The van der Waals surface area contributed by atoms with E-state index in [9.17, 15) is 5.21 Å². The van der Waals surface area contributed by atoms with Crippen molar-refractivity contribution >= 4 is 0 Å². The summed E-state index contributed by atoms with van der Waals surface area (Å²) < 4.78 is 0. The van der Waals surface area contributed by atoms with E-state index in [-0.39, 0.29) is 0 Å². The van der Waals surface area contributed by atoms with E-state index in [4.69, 9.17) is 0 Å². The van der Waals surface area contributed by atoms with Crippen molar-refractivity contribution in [2.45, 2.75) is 32.1 Å². The van der Waals surface area contributed by atoms with Crippen LogP contribution < -0.4 is 0 Å². The fraction of sp³-hybridized carbons (Fsp3) is 1.00.